The minimum absolute atomic E-state index is 0.0644. The summed E-state index contributed by atoms with van der Waals surface area (Å²) in [6.45, 7) is 3.11. The highest BCUT2D eigenvalue weighted by Crippen LogP contribution is 2.34. The van der Waals surface area contributed by atoms with Crippen molar-refractivity contribution in [1.29, 1.82) is 0 Å². The maximum Gasteiger partial charge on any atom is 0.440 e. The van der Waals surface area contributed by atoms with E-state index in [1.54, 1.807) is 30.5 Å². The quantitative estimate of drug-likeness (QED) is 0.820. The summed E-state index contributed by atoms with van der Waals surface area (Å²) in [5.74, 6) is -2.89. The number of halogens is 3. The van der Waals surface area contributed by atoms with Gasteiger partial charge in [0.05, 0.1) is 0 Å². The average molecular weight is 343 g/mol. The van der Waals surface area contributed by atoms with Gasteiger partial charge in [0.25, 0.3) is 17.5 Å². The van der Waals surface area contributed by atoms with Gasteiger partial charge in [-0.25, -0.2) is 4.79 Å². The monoisotopic (exact) mass is 343 g/mol. The molecule has 4 amide bonds. The van der Waals surface area contributed by atoms with Crippen molar-refractivity contribution in [3.63, 3.8) is 0 Å². The highest BCUT2D eigenvalue weighted by atomic mass is 19.4. The minimum Gasteiger partial charge on any atom is -0.314 e. The predicted octanol–water partition coefficient (Wildman–Crippen LogP) is 1.88. The highest BCUT2D eigenvalue weighted by molar-refractivity contribution is 6.10. The molecule has 1 fully saturated rings. The first-order valence-electron chi connectivity index (χ1n) is 7.17. The van der Waals surface area contributed by atoms with Crippen molar-refractivity contribution in [2.24, 2.45) is 5.92 Å². The van der Waals surface area contributed by atoms with Gasteiger partial charge in [-0.1, -0.05) is 32.0 Å². The Morgan fingerprint density at radius 1 is 1.25 bits per heavy atom. The van der Waals surface area contributed by atoms with E-state index >= 15 is 0 Å². The maximum absolute atomic E-state index is 13.5. The number of nitrogens with zero attached hydrogens (tertiary/aromatic N) is 1. The summed E-state index contributed by atoms with van der Waals surface area (Å²) < 4.78 is 40.6. The van der Waals surface area contributed by atoms with Crippen LogP contribution >= 0.6 is 0 Å². The molecule has 0 saturated carbocycles. The van der Waals surface area contributed by atoms with Gasteiger partial charge in [0.15, 0.2) is 0 Å². The van der Waals surface area contributed by atoms with Crippen LogP contribution in [0, 0.1) is 5.92 Å². The van der Waals surface area contributed by atoms with Crippen LogP contribution in [0.25, 0.3) is 0 Å². The number of benzene rings is 1. The zero-order valence-electron chi connectivity index (χ0n) is 13.0. The number of nitrogens with one attached hydrogen (secondary N) is 2. The van der Waals surface area contributed by atoms with Crippen molar-refractivity contribution in [2.45, 2.75) is 25.7 Å². The first-order chi connectivity index (χ1) is 11.1. The van der Waals surface area contributed by atoms with Gasteiger partial charge in [0.1, 0.15) is 0 Å². The molecule has 24 heavy (non-hydrogen) atoms. The Bertz CT molecular complexity index is 661. The third kappa shape index (κ3) is 3.06. The number of amides is 4. The number of imide groups is 1. The molecule has 0 aromatic heterocycles. The molecule has 0 radical (unpaired) electrons. The van der Waals surface area contributed by atoms with Crippen molar-refractivity contribution < 1.29 is 27.6 Å². The molecule has 1 aliphatic heterocycles. The first-order valence-corrected chi connectivity index (χ1v) is 7.17. The maximum atomic E-state index is 13.5. The van der Waals surface area contributed by atoms with E-state index in [0.717, 1.165) is 0 Å². The standard InChI is InChI=1S/C15H16F3N3O3/c1-9(2)8-21-12(23)14(15(16,17)18,20-13(21)24)19-11(22)10-6-4-3-5-7-10/h3-7,9H,8H2,1-2H3,(H,19,22)(H,20,24)/t14-/m0/s1. The lowest BCUT2D eigenvalue weighted by Crippen LogP contribution is -2.69. The molecule has 1 aromatic carbocycles. The summed E-state index contributed by atoms with van der Waals surface area (Å²) in [6.07, 6.45) is -5.20. The molecule has 0 bridgehead atoms. The van der Waals surface area contributed by atoms with Crippen molar-refractivity contribution in [3.8, 4) is 0 Å². The van der Waals surface area contributed by atoms with E-state index in [9.17, 15) is 27.6 Å². The van der Waals surface area contributed by atoms with Crippen LogP contribution in [0.15, 0.2) is 30.3 Å². The van der Waals surface area contributed by atoms with E-state index in [1.807, 2.05) is 0 Å². The third-order valence-electron chi connectivity index (χ3n) is 3.42. The average Bonchev–Trinajstić information content (AvgIpc) is 2.72. The molecule has 0 spiro atoms. The largest absolute Gasteiger partial charge is 0.440 e. The Hall–Kier alpha value is -2.58. The van der Waals surface area contributed by atoms with E-state index in [1.165, 1.54) is 24.3 Å². The van der Waals surface area contributed by atoms with Crippen LogP contribution in [0.1, 0.15) is 24.2 Å². The van der Waals surface area contributed by atoms with Crippen molar-refractivity contribution in [3.05, 3.63) is 35.9 Å². The lowest BCUT2D eigenvalue weighted by Gasteiger charge is -2.30. The summed E-state index contributed by atoms with van der Waals surface area (Å²) in [5, 5.41) is 3.24. The van der Waals surface area contributed by atoms with Crippen LogP contribution < -0.4 is 10.6 Å². The lowest BCUT2D eigenvalue weighted by atomic mass is 10.1. The number of urea groups is 1. The van der Waals surface area contributed by atoms with E-state index in [-0.39, 0.29) is 18.0 Å². The molecule has 9 heteroatoms. The molecule has 6 nitrogen and oxygen atoms in total. The number of carbonyl (C=O) groups is 3. The molecule has 1 saturated heterocycles. The molecule has 1 aliphatic rings. The topological polar surface area (TPSA) is 78.5 Å². The molecule has 1 atom stereocenters. The number of hydrogen-bond donors (Lipinski definition) is 2. The number of rotatable bonds is 4. The predicted molar refractivity (Wildman–Crippen MR) is 77.8 cm³/mol. The first kappa shape index (κ1) is 17.8. The third-order valence-corrected chi connectivity index (χ3v) is 3.42. The van der Waals surface area contributed by atoms with E-state index in [2.05, 4.69) is 0 Å². The second kappa shape index (κ2) is 6.14. The Morgan fingerprint density at radius 2 is 1.83 bits per heavy atom. The SMILES string of the molecule is CC(C)CN1C(=O)N[C@](NC(=O)c2ccccc2)(C(F)(F)F)C1=O. The zero-order chi connectivity index (χ0) is 18.1. The molecule has 2 N–H and O–H groups in total. The highest BCUT2D eigenvalue weighted by Gasteiger charge is 2.68. The normalized spacial score (nSPS) is 21.2. The Labute approximate surface area is 136 Å². The van der Waals surface area contributed by atoms with Gasteiger partial charge in [-0.15, -0.1) is 0 Å². The van der Waals surface area contributed by atoms with E-state index in [0.29, 0.717) is 4.90 Å². The molecule has 2 rings (SSSR count). The summed E-state index contributed by atoms with van der Waals surface area (Å²) in [7, 11) is 0. The summed E-state index contributed by atoms with van der Waals surface area (Å²) in [5.41, 5.74) is -3.53. The fourth-order valence-corrected chi connectivity index (χ4v) is 2.29. The van der Waals surface area contributed by atoms with Gasteiger partial charge in [0.2, 0.25) is 0 Å². The Balaban J connectivity index is 2.37. The van der Waals surface area contributed by atoms with Gasteiger partial charge in [-0.3, -0.25) is 19.8 Å². The van der Waals surface area contributed by atoms with Crippen LogP contribution in [0.4, 0.5) is 18.0 Å². The van der Waals surface area contributed by atoms with Gasteiger partial charge >= 0.3 is 12.2 Å². The number of alkyl halides is 3. The van der Waals surface area contributed by atoms with Crippen molar-refractivity contribution >= 4 is 17.8 Å². The Kier molecular flexibility index (Phi) is 4.54. The lowest BCUT2D eigenvalue weighted by molar-refractivity contribution is -0.200. The summed E-state index contributed by atoms with van der Waals surface area (Å²) >= 11 is 0. The molecule has 1 aromatic rings. The molecule has 130 valence electrons. The molecule has 0 aliphatic carbocycles. The smallest absolute Gasteiger partial charge is 0.314 e. The van der Waals surface area contributed by atoms with Crippen LogP contribution in [-0.4, -0.2) is 41.1 Å². The minimum atomic E-state index is -5.20. The van der Waals surface area contributed by atoms with Gasteiger partial charge < -0.3 is 5.32 Å². The van der Waals surface area contributed by atoms with Crippen LogP contribution in [-0.2, 0) is 4.79 Å². The second-order valence-corrected chi connectivity index (χ2v) is 5.81. The summed E-state index contributed by atoms with van der Waals surface area (Å²) in [6, 6.07) is 5.92. The van der Waals surface area contributed by atoms with Crippen molar-refractivity contribution in [2.75, 3.05) is 6.54 Å². The Morgan fingerprint density at radius 3 is 2.33 bits per heavy atom. The fraction of sp³-hybridized carbons (Fsp3) is 0.400. The van der Waals surface area contributed by atoms with Crippen molar-refractivity contribution in [1.82, 2.24) is 15.5 Å². The number of hydrogen-bond acceptors (Lipinski definition) is 3. The summed E-state index contributed by atoms with van der Waals surface area (Å²) in [4.78, 5) is 36.7. The van der Waals surface area contributed by atoms with Gasteiger partial charge in [-0.2, -0.15) is 13.2 Å². The fourth-order valence-electron chi connectivity index (χ4n) is 2.29. The number of carbonyl (C=O) groups excluding carboxylic acids is 3. The second-order valence-electron chi connectivity index (χ2n) is 5.81. The van der Waals surface area contributed by atoms with E-state index < -0.39 is 29.7 Å². The van der Waals surface area contributed by atoms with E-state index in [4.69, 9.17) is 0 Å². The molecule has 1 heterocycles. The van der Waals surface area contributed by atoms with Crippen LogP contribution in [0.5, 0.6) is 0 Å². The van der Waals surface area contributed by atoms with Crippen LogP contribution in [0.2, 0.25) is 0 Å². The molecular formula is C15H16F3N3O3. The molecular weight excluding hydrogens is 327 g/mol. The zero-order valence-corrected chi connectivity index (χ0v) is 13.0. The molecule has 0 unspecified atom stereocenters. The van der Waals surface area contributed by atoms with Gasteiger partial charge in [-0.05, 0) is 18.1 Å². The van der Waals surface area contributed by atoms with Gasteiger partial charge in [0, 0.05) is 12.1 Å². The van der Waals surface area contributed by atoms with Crippen LogP contribution in [0.3, 0.4) is 0 Å².